The van der Waals surface area contributed by atoms with E-state index < -0.39 is 0 Å². The van der Waals surface area contributed by atoms with Crippen LogP contribution in [-0.4, -0.2) is 12.5 Å². The van der Waals surface area contributed by atoms with Crippen molar-refractivity contribution in [3.05, 3.63) is 53.6 Å². The Bertz CT molecular complexity index is 638. The third kappa shape index (κ3) is 3.99. The van der Waals surface area contributed by atoms with E-state index >= 15 is 0 Å². The predicted octanol–water partition coefficient (Wildman–Crippen LogP) is 3.46. The van der Waals surface area contributed by atoms with E-state index in [0.717, 1.165) is 23.4 Å². The highest BCUT2D eigenvalue weighted by atomic mass is 16.1. The number of carbonyl (C=O) groups excluding carboxylic acids is 1. The van der Waals surface area contributed by atoms with Crippen LogP contribution in [0.1, 0.15) is 29.3 Å². The summed E-state index contributed by atoms with van der Waals surface area (Å²) >= 11 is 0. The number of hydrogen-bond acceptors (Lipinski definition) is 3. The molecule has 0 atom stereocenters. The fourth-order valence-corrected chi connectivity index (χ4v) is 2.07. The van der Waals surface area contributed by atoms with E-state index in [2.05, 4.69) is 10.6 Å². The molecule has 0 saturated heterocycles. The van der Waals surface area contributed by atoms with Crippen molar-refractivity contribution < 1.29 is 4.79 Å². The first-order valence-corrected chi connectivity index (χ1v) is 7.11. The SMILES string of the molecule is CCCNC(=O)c1cc(N)ccc1Nc1cccc(C)c1. The Kier molecular flexibility index (Phi) is 4.82. The van der Waals surface area contributed by atoms with Crippen LogP contribution in [0.15, 0.2) is 42.5 Å². The van der Waals surface area contributed by atoms with Gasteiger partial charge in [0.1, 0.15) is 0 Å². The smallest absolute Gasteiger partial charge is 0.253 e. The second kappa shape index (κ2) is 6.79. The maximum Gasteiger partial charge on any atom is 0.253 e. The molecule has 0 spiro atoms. The van der Waals surface area contributed by atoms with Gasteiger partial charge in [0.2, 0.25) is 0 Å². The standard InChI is InChI=1S/C17H21N3O/c1-3-9-19-17(21)15-11-13(18)7-8-16(15)20-14-6-4-5-12(2)10-14/h4-8,10-11,20H,3,9,18H2,1-2H3,(H,19,21). The van der Waals surface area contributed by atoms with Crippen LogP contribution >= 0.6 is 0 Å². The number of nitrogen functional groups attached to an aromatic ring is 1. The van der Waals surface area contributed by atoms with E-state index in [-0.39, 0.29) is 5.91 Å². The van der Waals surface area contributed by atoms with E-state index in [0.29, 0.717) is 17.8 Å². The fraction of sp³-hybridized carbons (Fsp3) is 0.235. The summed E-state index contributed by atoms with van der Waals surface area (Å²) in [5.74, 6) is -0.112. The third-order valence-electron chi connectivity index (χ3n) is 3.12. The van der Waals surface area contributed by atoms with Gasteiger partial charge in [0.25, 0.3) is 5.91 Å². The number of nitrogens with one attached hydrogen (secondary N) is 2. The van der Waals surface area contributed by atoms with Crippen molar-refractivity contribution in [3.8, 4) is 0 Å². The third-order valence-corrected chi connectivity index (χ3v) is 3.12. The summed E-state index contributed by atoms with van der Waals surface area (Å²) in [4.78, 5) is 12.2. The molecular weight excluding hydrogens is 262 g/mol. The number of amides is 1. The van der Waals surface area contributed by atoms with Gasteiger partial charge in [-0.05, 0) is 49.2 Å². The molecule has 2 rings (SSSR count). The molecule has 0 heterocycles. The largest absolute Gasteiger partial charge is 0.399 e. The summed E-state index contributed by atoms with van der Waals surface area (Å²) in [7, 11) is 0. The number of nitrogens with two attached hydrogens (primary N) is 1. The molecule has 0 unspecified atom stereocenters. The fourth-order valence-electron chi connectivity index (χ4n) is 2.07. The Labute approximate surface area is 125 Å². The van der Waals surface area contributed by atoms with Gasteiger partial charge < -0.3 is 16.4 Å². The van der Waals surface area contributed by atoms with Gasteiger partial charge >= 0.3 is 0 Å². The average Bonchev–Trinajstić information content (AvgIpc) is 2.46. The van der Waals surface area contributed by atoms with Gasteiger partial charge in [-0.3, -0.25) is 4.79 Å². The molecule has 1 amide bonds. The van der Waals surface area contributed by atoms with E-state index in [1.807, 2.05) is 44.2 Å². The molecule has 0 aromatic heterocycles. The van der Waals surface area contributed by atoms with Crippen molar-refractivity contribution in [2.24, 2.45) is 0 Å². The lowest BCUT2D eigenvalue weighted by molar-refractivity contribution is 0.0954. The van der Waals surface area contributed by atoms with Crippen molar-refractivity contribution in [1.29, 1.82) is 0 Å². The highest BCUT2D eigenvalue weighted by molar-refractivity contribution is 6.01. The van der Waals surface area contributed by atoms with Crippen LogP contribution in [0, 0.1) is 6.92 Å². The summed E-state index contributed by atoms with van der Waals surface area (Å²) in [6.07, 6.45) is 0.898. The maximum atomic E-state index is 12.2. The van der Waals surface area contributed by atoms with Crippen LogP contribution in [0.4, 0.5) is 17.1 Å². The van der Waals surface area contributed by atoms with E-state index in [4.69, 9.17) is 5.73 Å². The Morgan fingerprint density at radius 2 is 2.00 bits per heavy atom. The zero-order valence-electron chi connectivity index (χ0n) is 12.4. The molecule has 0 saturated carbocycles. The number of hydrogen-bond donors (Lipinski definition) is 3. The second-order valence-corrected chi connectivity index (χ2v) is 5.06. The second-order valence-electron chi connectivity index (χ2n) is 5.06. The molecule has 110 valence electrons. The lowest BCUT2D eigenvalue weighted by atomic mass is 10.1. The van der Waals surface area contributed by atoms with Crippen LogP contribution in [0.5, 0.6) is 0 Å². The Hall–Kier alpha value is -2.49. The first kappa shape index (κ1) is 14.9. The molecule has 0 aliphatic heterocycles. The van der Waals surface area contributed by atoms with Crippen LogP contribution in [0.2, 0.25) is 0 Å². The highest BCUT2D eigenvalue weighted by Gasteiger charge is 2.11. The average molecular weight is 283 g/mol. The minimum atomic E-state index is -0.112. The van der Waals surface area contributed by atoms with E-state index in [9.17, 15) is 4.79 Å². The molecule has 2 aromatic rings. The molecule has 0 radical (unpaired) electrons. The van der Waals surface area contributed by atoms with Gasteiger partial charge in [0.15, 0.2) is 0 Å². The number of anilines is 3. The summed E-state index contributed by atoms with van der Waals surface area (Å²) < 4.78 is 0. The topological polar surface area (TPSA) is 67.2 Å². The lowest BCUT2D eigenvalue weighted by Gasteiger charge is -2.13. The van der Waals surface area contributed by atoms with Crippen molar-refractivity contribution >= 4 is 23.0 Å². The number of carbonyl (C=O) groups is 1. The summed E-state index contributed by atoms with van der Waals surface area (Å²) in [6.45, 7) is 4.70. The van der Waals surface area contributed by atoms with Crippen LogP contribution in [0.3, 0.4) is 0 Å². The van der Waals surface area contributed by atoms with Gasteiger partial charge in [-0.1, -0.05) is 19.1 Å². The quantitative estimate of drug-likeness (QED) is 0.736. The van der Waals surface area contributed by atoms with Crippen LogP contribution < -0.4 is 16.4 Å². The monoisotopic (exact) mass is 283 g/mol. The Morgan fingerprint density at radius 1 is 1.19 bits per heavy atom. The molecule has 4 N–H and O–H groups in total. The Balaban J connectivity index is 2.28. The lowest BCUT2D eigenvalue weighted by Crippen LogP contribution is -2.24. The summed E-state index contributed by atoms with van der Waals surface area (Å²) in [5, 5.41) is 6.16. The Morgan fingerprint density at radius 3 is 2.71 bits per heavy atom. The van der Waals surface area contributed by atoms with Crippen LogP contribution in [-0.2, 0) is 0 Å². The molecule has 0 aliphatic carbocycles. The molecular formula is C17H21N3O. The number of rotatable bonds is 5. The van der Waals surface area contributed by atoms with Crippen molar-refractivity contribution in [1.82, 2.24) is 5.32 Å². The number of aryl methyl sites for hydroxylation is 1. The minimum absolute atomic E-state index is 0.112. The van der Waals surface area contributed by atoms with Crippen molar-refractivity contribution in [2.45, 2.75) is 20.3 Å². The zero-order chi connectivity index (χ0) is 15.2. The molecule has 4 heteroatoms. The molecule has 0 fully saturated rings. The molecule has 2 aromatic carbocycles. The normalized spacial score (nSPS) is 10.2. The number of benzene rings is 2. The van der Waals surface area contributed by atoms with Gasteiger partial charge in [-0.25, -0.2) is 0 Å². The van der Waals surface area contributed by atoms with Gasteiger partial charge in [0, 0.05) is 17.9 Å². The minimum Gasteiger partial charge on any atom is -0.399 e. The molecule has 0 aliphatic rings. The van der Waals surface area contributed by atoms with Gasteiger partial charge in [-0.15, -0.1) is 0 Å². The first-order valence-electron chi connectivity index (χ1n) is 7.11. The maximum absolute atomic E-state index is 12.2. The zero-order valence-corrected chi connectivity index (χ0v) is 12.4. The van der Waals surface area contributed by atoms with E-state index in [1.54, 1.807) is 12.1 Å². The van der Waals surface area contributed by atoms with Crippen LogP contribution in [0.25, 0.3) is 0 Å². The molecule has 0 bridgehead atoms. The van der Waals surface area contributed by atoms with E-state index in [1.165, 1.54) is 0 Å². The molecule has 4 nitrogen and oxygen atoms in total. The summed E-state index contributed by atoms with van der Waals surface area (Å²) in [6, 6.07) is 13.3. The van der Waals surface area contributed by atoms with Gasteiger partial charge in [-0.2, -0.15) is 0 Å². The van der Waals surface area contributed by atoms with Crippen molar-refractivity contribution in [2.75, 3.05) is 17.6 Å². The summed E-state index contributed by atoms with van der Waals surface area (Å²) in [5.41, 5.74) is 9.80. The first-order chi connectivity index (χ1) is 10.1. The van der Waals surface area contributed by atoms with Crippen molar-refractivity contribution in [3.63, 3.8) is 0 Å². The van der Waals surface area contributed by atoms with Gasteiger partial charge in [0.05, 0.1) is 11.3 Å². The molecule has 21 heavy (non-hydrogen) atoms. The predicted molar refractivity (Wildman–Crippen MR) is 87.9 cm³/mol. The highest BCUT2D eigenvalue weighted by Crippen LogP contribution is 2.23.